The zero-order valence-corrected chi connectivity index (χ0v) is 4.87. The topological polar surface area (TPSA) is 69.9 Å². The smallest absolute Gasteiger partial charge is 0.366 e. The van der Waals surface area contributed by atoms with Gasteiger partial charge in [0.15, 0.2) is 0 Å². The van der Waals surface area contributed by atoms with Crippen LogP contribution in [0, 0.1) is 0 Å². The third-order valence-corrected chi connectivity index (χ3v) is 0.311. The van der Waals surface area contributed by atoms with Crippen molar-refractivity contribution < 1.29 is 40.6 Å². The van der Waals surface area contributed by atoms with Crippen LogP contribution in [-0.2, 0) is 21.7 Å². The van der Waals surface area contributed by atoms with Gasteiger partial charge in [-0.1, -0.05) is 4.53 Å². The summed E-state index contributed by atoms with van der Waals surface area (Å²) in [5, 5.41) is 0. The Morgan fingerprint density at radius 1 is 1.29 bits per heavy atom. The van der Waals surface area contributed by atoms with E-state index in [4.69, 9.17) is 14.4 Å². The first-order valence-electron chi connectivity index (χ1n) is 1.03. The molecule has 0 atom stereocenters. The van der Waals surface area contributed by atoms with E-state index in [-0.39, 0.29) is 17.1 Å². The molecule has 0 bridgehead atoms. The van der Waals surface area contributed by atoms with Gasteiger partial charge >= 0.3 is 9.05 Å². The van der Waals surface area contributed by atoms with Crippen LogP contribution in [0.3, 0.4) is 0 Å². The van der Waals surface area contributed by atoms with Crippen molar-refractivity contribution in [2.75, 3.05) is 0 Å². The summed E-state index contributed by atoms with van der Waals surface area (Å²) in [6.07, 6.45) is 0. The molecule has 0 aromatic heterocycles. The molecular formula is H3CuFO4Si. The van der Waals surface area contributed by atoms with Crippen LogP contribution in [0.15, 0.2) is 0 Å². The third-order valence-electron chi connectivity index (χ3n) is 0.104. The summed E-state index contributed by atoms with van der Waals surface area (Å²) < 4.78 is 12.6. The Hall–Kier alpha value is 0.506. The molecule has 0 unspecified atom stereocenters. The van der Waals surface area contributed by atoms with E-state index in [9.17, 15) is 4.53 Å². The zero-order valence-electron chi connectivity index (χ0n) is 2.93. The van der Waals surface area contributed by atoms with Gasteiger partial charge in [0.25, 0.3) is 0 Å². The summed E-state index contributed by atoms with van der Waals surface area (Å²) in [6.45, 7) is 0. The van der Waals surface area contributed by atoms with Crippen LogP contribution in [0.1, 0.15) is 0 Å². The molecule has 4 nitrogen and oxygen atoms in total. The molecule has 7 heavy (non-hydrogen) atoms. The van der Waals surface area contributed by atoms with Crippen LogP contribution in [0.2, 0.25) is 0 Å². The Morgan fingerprint density at radius 3 is 1.43 bits per heavy atom. The van der Waals surface area contributed by atoms with Gasteiger partial charge in [0.2, 0.25) is 0 Å². The Balaban J connectivity index is 0. The van der Waals surface area contributed by atoms with Crippen molar-refractivity contribution in [3.63, 3.8) is 0 Å². The fourth-order valence-corrected chi connectivity index (χ4v) is 0. The predicted molar refractivity (Wildman–Crippen MR) is 14.6 cm³/mol. The minimum absolute atomic E-state index is 0. The van der Waals surface area contributed by atoms with E-state index in [1.807, 2.05) is 0 Å². The average Bonchev–Trinajstić information content (AvgIpc) is 1.35. The first-order valence-corrected chi connectivity index (χ1v) is 2.78. The van der Waals surface area contributed by atoms with Gasteiger partial charge in [-0.3, -0.25) is 0 Å². The molecule has 0 aromatic carbocycles. The van der Waals surface area contributed by atoms with Gasteiger partial charge in [-0.25, -0.2) is 0 Å². The molecule has 0 aromatic rings. The van der Waals surface area contributed by atoms with Crippen LogP contribution in [-0.4, -0.2) is 23.4 Å². The van der Waals surface area contributed by atoms with E-state index in [2.05, 4.69) is 4.63 Å². The SMILES string of the molecule is O[Si](O)(O)OF.[Cu]. The molecule has 1 radical (unpaired) electrons. The standard InChI is InChI=1S/Cu.FH3O4Si/c;1-5-6(2,3)4/h;2-4H. The van der Waals surface area contributed by atoms with Crippen molar-refractivity contribution in [3.05, 3.63) is 0 Å². The minimum atomic E-state index is -4.80. The van der Waals surface area contributed by atoms with E-state index in [1.54, 1.807) is 0 Å². The molecule has 7 heteroatoms. The molecule has 0 fully saturated rings. The minimum Gasteiger partial charge on any atom is -0.366 e. The number of halogens is 1. The maximum atomic E-state index is 10.3. The number of hydrogen-bond acceptors (Lipinski definition) is 4. The molecule has 0 spiro atoms. The van der Waals surface area contributed by atoms with Crippen molar-refractivity contribution in [1.82, 2.24) is 0 Å². The maximum Gasteiger partial charge on any atom is 0.703 e. The molecule has 0 heterocycles. The average molecular weight is 178 g/mol. The summed E-state index contributed by atoms with van der Waals surface area (Å²) in [7, 11) is -4.80. The fourth-order valence-electron chi connectivity index (χ4n) is 0. The van der Waals surface area contributed by atoms with Crippen LogP contribution in [0.4, 0.5) is 4.53 Å². The van der Waals surface area contributed by atoms with E-state index in [0.717, 1.165) is 0 Å². The van der Waals surface area contributed by atoms with Gasteiger partial charge in [0, 0.05) is 17.1 Å². The second-order valence-corrected chi connectivity index (χ2v) is 1.95. The molecule has 0 aliphatic heterocycles. The molecular weight excluding hydrogens is 175 g/mol. The monoisotopic (exact) mass is 177 g/mol. The van der Waals surface area contributed by atoms with Crippen LogP contribution in [0.25, 0.3) is 0 Å². The van der Waals surface area contributed by atoms with Crippen molar-refractivity contribution >= 4 is 9.05 Å². The molecule has 0 saturated carbocycles. The molecule has 49 valence electrons. The zero-order chi connectivity index (χ0) is 5.21. The van der Waals surface area contributed by atoms with Crippen LogP contribution >= 0.6 is 0 Å². The van der Waals surface area contributed by atoms with Crippen molar-refractivity contribution in [1.29, 1.82) is 0 Å². The van der Waals surface area contributed by atoms with Crippen molar-refractivity contribution in [2.24, 2.45) is 0 Å². The van der Waals surface area contributed by atoms with E-state index < -0.39 is 9.05 Å². The predicted octanol–water partition coefficient (Wildman–Crippen LogP) is -1.70. The number of rotatable bonds is 1. The molecule has 0 amide bonds. The quantitative estimate of drug-likeness (QED) is 0.418. The maximum absolute atomic E-state index is 10.3. The first-order chi connectivity index (χ1) is 2.56. The molecule has 0 aliphatic carbocycles. The fraction of sp³-hybridized carbons (Fsp3) is 0. The second-order valence-electron chi connectivity index (χ2n) is 0.651. The summed E-state index contributed by atoms with van der Waals surface area (Å²) in [4.78, 5) is 22.4. The van der Waals surface area contributed by atoms with Crippen LogP contribution in [0.5, 0.6) is 0 Å². The van der Waals surface area contributed by atoms with Gasteiger partial charge in [-0.2, -0.15) is 4.63 Å². The van der Waals surface area contributed by atoms with Crippen molar-refractivity contribution in [3.8, 4) is 0 Å². The van der Waals surface area contributed by atoms with Gasteiger partial charge in [0.1, 0.15) is 0 Å². The normalized spacial score (nSPS) is 10.3. The summed E-state index contributed by atoms with van der Waals surface area (Å²) in [6, 6.07) is 0. The Bertz CT molecular complexity index is 41.4. The van der Waals surface area contributed by atoms with Gasteiger partial charge in [-0.05, 0) is 0 Å². The summed E-state index contributed by atoms with van der Waals surface area (Å²) in [5.41, 5.74) is 0. The largest absolute Gasteiger partial charge is 0.703 e. The number of hydrogen-bond donors (Lipinski definition) is 3. The van der Waals surface area contributed by atoms with E-state index in [0.29, 0.717) is 0 Å². The Labute approximate surface area is 50.4 Å². The summed E-state index contributed by atoms with van der Waals surface area (Å²) >= 11 is 0. The Kier molecular flexibility index (Phi) is 5.24. The van der Waals surface area contributed by atoms with Gasteiger partial charge < -0.3 is 14.4 Å². The van der Waals surface area contributed by atoms with E-state index >= 15 is 0 Å². The Morgan fingerprint density at radius 2 is 1.43 bits per heavy atom. The van der Waals surface area contributed by atoms with Crippen LogP contribution < -0.4 is 0 Å². The molecule has 0 aliphatic rings. The summed E-state index contributed by atoms with van der Waals surface area (Å²) in [5.74, 6) is 0. The molecule has 0 rings (SSSR count). The van der Waals surface area contributed by atoms with Gasteiger partial charge in [0.05, 0.1) is 0 Å². The molecule has 0 saturated heterocycles. The van der Waals surface area contributed by atoms with E-state index in [1.165, 1.54) is 0 Å². The molecule has 3 N–H and O–H groups in total. The van der Waals surface area contributed by atoms with Gasteiger partial charge in [-0.15, -0.1) is 0 Å². The first kappa shape index (κ1) is 10.5. The van der Waals surface area contributed by atoms with Crippen molar-refractivity contribution in [2.45, 2.75) is 0 Å². The second kappa shape index (κ2) is 3.50. The third kappa shape index (κ3) is 10.7.